The molecule has 1 aliphatic heterocycles. The first-order valence-electron chi connectivity index (χ1n) is 5.43. The average Bonchev–Trinajstić information content (AvgIpc) is 2.30. The van der Waals surface area contributed by atoms with Gasteiger partial charge in [0.2, 0.25) is 0 Å². The van der Waals surface area contributed by atoms with Crippen molar-refractivity contribution in [2.24, 2.45) is 5.73 Å². The van der Waals surface area contributed by atoms with E-state index in [-0.39, 0.29) is 0 Å². The summed E-state index contributed by atoms with van der Waals surface area (Å²) in [6.07, 6.45) is 1.87. The molecule has 2 rings (SSSR count). The van der Waals surface area contributed by atoms with Crippen molar-refractivity contribution in [1.29, 1.82) is 0 Å². The highest BCUT2D eigenvalue weighted by Gasteiger charge is 2.15. The molecule has 4 nitrogen and oxygen atoms in total. The van der Waals surface area contributed by atoms with Crippen molar-refractivity contribution in [2.45, 2.75) is 13.5 Å². The van der Waals surface area contributed by atoms with Gasteiger partial charge < -0.3 is 16.0 Å². The van der Waals surface area contributed by atoms with Crippen LogP contribution in [0.2, 0.25) is 0 Å². The van der Waals surface area contributed by atoms with Crippen molar-refractivity contribution in [3.05, 3.63) is 23.4 Å². The van der Waals surface area contributed by atoms with E-state index in [1.807, 2.05) is 12.3 Å². The quantitative estimate of drug-likeness (QED) is 0.729. The largest absolute Gasteiger partial charge is 0.354 e. The highest BCUT2D eigenvalue weighted by Crippen LogP contribution is 2.20. The summed E-state index contributed by atoms with van der Waals surface area (Å²) in [6, 6.07) is 2.02. The van der Waals surface area contributed by atoms with Gasteiger partial charge in [-0.25, -0.2) is 4.98 Å². The summed E-state index contributed by atoms with van der Waals surface area (Å²) in [5.74, 6) is 1.07. The Balaban J connectivity index is 2.29. The molecule has 3 N–H and O–H groups in total. The van der Waals surface area contributed by atoms with E-state index >= 15 is 0 Å². The highest BCUT2D eigenvalue weighted by atomic mass is 15.2. The van der Waals surface area contributed by atoms with Crippen molar-refractivity contribution in [2.75, 3.05) is 31.1 Å². The third-order valence-corrected chi connectivity index (χ3v) is 2.89. The predicted molar refractivity (Wildman–Crippen MR) is 61.9 cm³/mol. The number of anilines is 1. The van der Waals surface area contributed by atoms with Crippen LogP contribution in [-0.2, 0) is 6.54 Å². The molecule has 1 aromatic rings. The second kappa shape index (κ2) is 4.59. The first-order valence-corrected chi connectivity index (χ1v) is 5.43. The van der Waals surface area contributed by atoms with Crippen LogP contribution < -0.4 is 16.0 Å². The van der Waals surface area contributed by atoms with Gasteiger partial charge in [-0.05, 0) is 18.6 Å². The van der Waals surface area contributed by atoms with Crippen molar-refractivity contribution in [1.82, 2.24) is 10.3 Å². The lowest BCUT2D eigenvalue weighted by atomic mass is 10.1. The third kappa shape index (κ3) is 2.11. The van der Waals surface area contributed by atoms with E-state index in [1.165, 1.54) is 11.1 Å². The Hall–Kier alpha value is -1.13. The average molecular weight is 206 g/mol. The maximum Gasteiger partial charge on any atom is 0.133 e. The minimum atomic E-state index is 0.568. The minimum Gasteiger partial charge on any atom is -0.354 e. The lowest BCUT2D eigenvalue weighted by Crippen LogP contribution is -2.44. The summed E-state index contributed by atoms with van der Waals surface area (Å²) in [6.45, 7) is 6.75. The van der Waals surface area contributed by atoms with Crippen LogP contribution in [0.15, 0.2) is 12.3 Å². The van der Waals surface area contributed by atoms with Crippen LogP contribution in [0.1, 0.15) is 11.1 Å². The summed E-state index contributed by atoms with van der Waals surface area (Å²) in [7, 11) is 0. The molecule has 1 saturated heterocycles. The number of aromatic nitrogens is 1. The summed E-state index contributed by atoms with van der Waals surface area (Å²) < 4.78 is 0. The zero-order valence-corrected chi connectivity index (χ0v) is 9.16. The van der Waals surface area contributed by atoms with Gasteiger partial charge in [0.05, 0.1) is 0 Å². The van der Waals surface area contributed by atoms with E-state index < -0.39 is 0 Å². The molecule has 1 fully saturated rings. The lowest BCUT2D eigenvalue weighted by Gasteiger charge is -2.30. The van der Waals surface area contributed by atoms with Gasteiger partial charge >= 0.3 is 0 Å². The molecule has 0 radical (unpaired) electrons. The number of hydrogen-bond acceptors (Lipinski definition) is 4. The second-order valence-electron chi connectivity index (χ2n) is 3.87. The number of nitrogens with two attached hydrogens (primary N) is 1. The monoisotopic (exact) mass is 206 g/mol. The highest BCUT2D eigenvalue weighted by molar-refractivity contribution is 5.50. The van der Waals surface area contributed by atoms with Crippen LogP contribution in [0.4, 0.5) is 5.82 Å². The van der Waals surface area contributed by atoms with E-state index in [0.29, 0.717) is 6.54 Å². The molecule has 0 saturated carbocycles. The SMILES string of the molecule is Cc1ccnc(N2CCNCC2)c1CN. The molecule has 0 spiro atoms. The van der Waals surface area contributed by atoms with Crippen molar-refractivity contribution < 1.29 is 0 Å². The molecule has 0 atom stereocenters. The molecule has 2 heterocycles. The maximum absolute atomic E-state index is 5.78. The summed E-state index contributed by atoms with van der Waals surface area (Å²) in [5, 5.41) is 3.34. The zero-order valence-electron chi connectivity index (χ0n) is 9.16. The lowest BCUT2D eigenvalue weighted by molar-refractivity contribution is 0.583. The molecule has 15 heavy (non-hydrogen) atoms. The van der Waals surface area contributed by atoms with Crippen LogP contribution in [0, 0.1) is 6.92 Å². The van der Waals surface area contributed by atoms with E-state index in [4.69, 9.17) is 5.73 Å². The van der Waals surface area contributed by atoms with Crippen molar-refractivity contribution in [3.8, 4) is 0 Å². The zero-order chi connectivity index (χ0) is 10.7. The first-order chi connectivity index (χ1) is 7.33. The standard InChI is InChI=1S/C11H18N4/c1-9-2-3-14-11(10(9)8-12)15-6-4-13-5-7-15/h2-3,13H,4-8,12H2,1H3. The molecule has 1 aromatic heterocycles. The Kier molecular flexibility index (Phi) is 3.18. The van der Waals surface area contributed by atoms with Gasteiger partial charge in [-0.3, -0.25) is 0 Å². The number of hydrogen-bond donors (Lipinski definition) is 2. The Morgan fingerprint density at radius 1 is 1.47 bits per heavy atom. The second-order valence-corrected chi connectivity index (χ2v) is 3.87. The number of aryl methyl sites for hydroxylation is 1. The van der Waals surface area contributed by atoms with Gasteiger partial charge in [0.15, 0.2) is 0 Å². The number of rotatable bonds is 2. The smallest absolute Gasteiger partial charge is 0.133 e. The van der Waals surface area contributed by atoms with E-state index in [2.05, 4.69) is 22.1 Å². The Morgan fingerprint density at radius 3 is 2.87 bits per heavy atom. The molecule has 0 aliphatic carbocycles. The van der Waals surface area contributed by atoms with Crippen molar-refractivity contribution in [3.63, 3.8) is 0 Å². The van der Waals surface area contributed by atoms with Gasteiger partial charge in [0.1, 0.15) is 5.82 Å². The van der Waals surface area contributed by atoms with Crippen LogP contribution in [-0.4, -0.2) is 31.2 Å². The van der Waals surface area contributed by atoms with Crippen LogP contribution >= 0.6 is 0 Å². The van der Waals surface area contributed by atoms with E-state index in [9.17, 15) is 0 Å². The summed E-state index contributed by atoms with van der Waals surface area (Å²) in [5.41, 5.74) is 8.19. The number of piperazine rings is 1. The molecule has 0 bridgehead atoms. The fourth-order valence-corrected chi connectivity index (χ4v) is 1.98. The fraction of sp³-hybridized carbons (Fsp3) is 0.545. The van der Waals surface area contributed by atoms with Gasteiger partial charge in [-0.2, -0.15) is 0 Å². The molecule has 0 amide bonds. The molecular weight excluding hydrogens is 188 g/mol. The van der Waals surface area contributed by atoms with Gasteiger partial charge in [-0.15, -0.1) is 0 Å². The molecule has 1 aliphatic rings. The maximum atomic E-state index is 5.78. The molecule has 4 heteroatoms. The van der Waals surface area contributed by atoms with Gasteiger partial charge in [0.25, 0.3) is 0 Å². The topological polar surface area (TPSA) is 54.2 Å². The number of nitrogens with zero attached hydrogens (tertiary/aromatic N) is 2. The Bertz CT molecular complexity index is 331. The molecular formula is C11H18N4. The minimum absolute atomic E-state index is 0.568. The van der Waals surface area contributed by atoms with E-state index in [0.717, 1.165) is 32.0 Å². The van der Waals surface area contributed by atoms with Gasteiger partial charge in [-0.1, -0.05) is 0 Å². The summed E-state index contributed by atoms with van der Waals surface area (Å²) in [4.78, 5) is 6.76. The van der Waals surface area contributed by atoms with Crippen LogP contribution in [0.3, 0.4) is 0 Å². The third-order valence-electron chi connectivity index (χ3n) is 2.89. The van der Waals surface area contributed by atoms with Crippen LogP contribution in [0.5, 0.6) is 0 Å². The molecule has 82 valence electrons. The summed E-state index contributed by atoms with van der Waals surface area (Å²) >= 11 is 0. The molecule has 0 unspecified atom stereocenters. The molecule has 0 aromatic carbocycles. The normalized spacial score (nSPS) is 16.8. The number of pyridine rings is 1. The fourth-order valence-electron chi connectivity index (χ4n) is 1.98. The Morgan fingerprint density at radius 2 is 2.20 bits per heavy atom. The number of nitrogens with one attached hydrogen (secondary N) is 1. The van der Waals surface area contributed by atoms with E-state index in [1.54, 1.807) is 0 Å². The first kappa shape index (κ1) is 10.4. The van der Waals surface area contributed by atoms with Crippen LogP contribution in [0.25, 0.3) is 0 Å². The van der Waals surface area contributed by atoms with Gasteiger partial charge in [0, 0.05) is 44.5 Å². The van der Waals surface area contributed by atoms with Crippen molar-refractivity contribution >= 4 is 5.82 Å². The Labute approximate surface area is 90.5 Å². The predicted octanol–water partition coefficient (Wildman–Crippen LogP) is 0.258.